The summed E-state index contributed by atoms with van der Waals surface area (Å²) < 4.78 is 0. The smallest absolute Gasteiger partial charge is 0.224 e. The molecule has 5 heteroatoms. The normalized spacial score (nSPS) is 11.5. The first-order valence-corrected chi connectivity index (χ1v) is 6.67. The van der Waals surface area contributed by atoms with Gasteiger partial charge in [-0.1, -0.05) is 33.1 Å². The van der Waals surface area contributed by atoms with Crippen LogP contribution < -0.4 is 11.1 Å². The van der Waals surface area contributed by atoms with Crippen molar-refractivity contribution in [3.8, 4) is 0 Å². The topological polar surface area (TPSA) is 68.0 Å². The molecule has 4 nitrogen and oxygen atoms in total. The first kappa shape index (κ1) is 17.7. The quantitative estimate of drug-likeness (QED) is 0.804. The Labute approximate surface area is 121 Å². The summed E-state index contributed by atoms with van der Waals surface area (Å²) in [4.78, 5) is 15.8. The van der Waals surface area contributed by atoms with Crippen LogP contribution >= 0.6 is 12.4 Å². The van der Waals surface area contributed by atoms with Gasteiger partial charge in [-0.2, -0.15) is 0 Å². The van der Waals surface area contributed by atoms with Gasteiger partial charge < -0.3 is 11.1 Å². The largest absolute Gasteiger partial charge is 0.384 e. The van der Waals surface area contributed by atoms with E-state index in [0.717, 1.165) is 12.8 Å². The minimum atomic E-state index is 0. The molecule has 3 N–H and O–H groups in total. The number of rotatable bonds is 7. The lowest BCUT2D eigenvalue weighted by atomic mass is 9.95. The highest BCUT2D eigenvalue weighted by Gasteiger charge is 2.11. The third kappa shape index (κ3) is 7.01. The number of nitrogens with zero attached hydrogens (tertiary/aromatic N) is 1. The summed E-state index contributed by atoms with van der Waals surface area (Å²) in [6.07, 6.45) is 6.71. The molecule has 0 aromatic carbocycles. The van der Waals surface area contributed by atoms with Crippen LogP contribution in [0.1, 0.15) is 46.0 Å². The summed E-state index contributed by atoms with van der Waals surface area (Å²) >= 11 is 0. The van der Waals surface area contributed by atoms with Gasteiger partial charge in [0.15, 0.2) is 0 Å². The van der Waals surface area contributed by atoms with Crippen LogP contribution in [0, 0.1) is 5.92 Å². The molecular formula is C14H24ClN3O. The first-order chi connectivity index (χ1) is 8.65. The van der Waals surface area contributed by atoms with Gasteiger partial charge in [0.25, 0.3) is 0 Å². The molecule has 0 aliphatic carbocycles. The zero-order valence-electron chi connectivity index (χ0n) is 11.7. The van der Waals surface area contributed by atoms with Crippen molar-refractivity contribution in [1.82, 2.24) is 4.98 Å². The van der Waals surface area contributed by atoms with Crippen LogP contribution in [0.15, 0.2) is 18.3 Å². The molecule has 0 radical (unpaired) electrons. The number of nitrogens with one attached hydrogen (secondary N) is 1. The number of carbonyl (C=O) groups excluding carboxylic acids is 1. The number of hydrogen-bond donors (Lipinski definition) is 2. The molecule has 19 heavy (non-hydrogen) atoms. The number of halogens is 1. The lowest BCUT2D eigenvalue weighted by molar-refractivity contribution is -0.117. The molecule has 0 fully saturated rings. The first-order valence-electron chi connectivity index (χ1n) is 6.67. The van der Waals surface area contributed by atoms with Crippen molar-refractivity contribution in [2.75, 3.05) is 11.1 Å². The summed E-state index contributed by atoms with van der Waals surface area (Å²) in [6, 6.07) is 3.46. The van der Waals surface area contributed by atoms with E-state index < -0.39 is 0 Å². The number of nitrogens with two attached hydrogens (primary N) is 1. The standard InChI is InChI=1S/C14H23N3O.ClH/c1-3-5-6-11(4-2)9-14(18)17-12-7-8-13(15)16-10-12;/h7-8,10-11H,3-6,9H2,1-2H3,(H2,15,16)(H,17,18);1H. The molecule has 1 unspecified atom stereocenters. The number of unbranched alkanes of at least 4 members (excludes halogenated alkanes) is 1. The molecule has 1 amide bonds. The van der Waals surface area contributed by atoms with Crippen molar-refractivity contribution in [3.05, 3.63) is 18.3 Å². The Morgan fingerprint density at radius 3 is 2.68 bits per heavy atom. The van der Waals surface area contributed by atoms with Crippen molar-refractivity contribution in [2.24, 2.45) is 5.92 Å². The zero-order chi connectivity index (χ0) is 13.4. The van der Waals surface area contributed by atoms with Crippen LogP contribution in [-0.2, 0) is 4.79 Å². The van der Waals surface area contributed by atoms with Gasteiger partial charge in [-0.25, -0.2) is 4.98 Å². The monoisotopic (exact) mass is 285 g/mol. The molecule has 1 aromatic heterocycles. The van der Waals surface area contributed by atoms with Gasteiger partial charge >= 0.3 is 0 Å². The maximum atomic E-state index is 11.9. The van der Waals surface area contributed by atoms with Crippen molar-refractivity contribution in [1.29, 1.82) is 0 Å². The summed E-state index contributed by atoms with van der Waals surface area (Å²) in [6.45, 7) is 4.31. The Kier molecular flexibility index (Phi) is 8.96. The van der Waals surface area contributed by atoms with Crippen molar-refractivity contribution >= 4 is 29.8 Å². The van der Waals surface area contributed by atoms with Crippen LogP contribution in [0.4, 0.5) is 11.5 Å². The number of anilines is 2. The highest BCUT2D eigenvalue weighted by atomic mass is 35.5. The Balaban J connectivity index is 0.00000324. The molecule has 0 aliphatic heterocycles. The zero-order valence-corrected chi connectivity index (χ0v) is 12.5. The molecular weight excluding hydrogens is 262 g/mol. The Bertz CT molecular complexity index is 367. The van der Waals surface area contributed by atoms with Crippen LogP contribution in [0.5, 0.6) is 0 Å². The maximum absolute atomic E-state index is 11.9. The van der Waals surface area contributed by atoms with Gasteiger partial charge in [0, 0.05) is 6.42 Å². The van der Waals surface area contributed by atoms with Gasteiger partial charge in [0.05, 0.1) is 11.9 Å². The molecule has 1 atom stereocenters. The van der Waals surface area contributed by atoms with E-state index in [1.165, 1.54) is 12.8 Å². The fraction of sp³-hybridized carbons (Fsp3) is 0.571. The Hall–Kier alpha value is -1.29. The van der Waals surface area contributed by atoms with E-state index >= 15 is 0 Å². The Morgan fingerprint density at radius 2 is 2.16 bits per heavy atom. The number of carbonyl (C=O) groups is 1. The molecule has 0 saturated heterocycles. The Morgan fingerprint density at radius 1 is 1.42 bits per heavy atom. The molecule has 108 valence electrons. The number of pyridine rings is 1. The molecule has 0 aliphatic rings. The van der Waals surface area contributed by atoms with Crippen LogP contribution in [0.3, 0.4) is 0 Å². The molecule has 1 heterocycles. The number of hydrogen-bond acceptors (Lipinski definition) is 3. The predicted molar refractivity (Wildman–Crippen MR) is 82.5 cm³/mol. The minimum Gasteiger partial charge on any atom is -0.384 e. The van der Waals surface area contributed by atoms with Crippen LogP contribution in [0.2, 0.25) is 0 Å². The molecule has 0 saturated carbocycles. The van der Waals surface area contributed by atoms with Gasteiger partial charge in [-0.15, -0.1) is 12.4 Å². The fourth-order valence-corrected chi connectivity index (χ4v) is 1.90. The van der Waals surface area contributed by atoms with E-state index in [9.17, 15) is 4.79 Å². The van der Waals surface area contributed by atoms with Gasteiger partial charge in [-0.3, -0.25) is 4.79 Å². The van der Waals surface area contributed by atoms with Crippen molar-refractivity contribution in [2.45, 2.75) is 46.0 Å². The van der Waals surface area contributed by atoms with Crippen molar-refractivity contribution in [3.63, 3.8) is 0 Å². The van der Waals surface area contributed by atoms with Gasteiger partial charge in [0.1, 0.15) is 5.82 Å². The van der Waals surface area contributed by atoms with E-state index in [1.54, 1.807) is 18.3 Å². The van der Waals surface area contributed by atoms with Crippen LogP contribution in [0.25, 0.3) is 0 Å². The second-order valence-electron chi connectivity index (χ2n) is 4.64. The van der Waals surface area contributed by atoms with Gasteiger partial charge in [-0.05, 0) is 24.5 Å². The number of amides is 1. The summed E-state index contributed by atoms with van der Waals surface area (Å²) in [5.41, 5.74) is 6.20. The van der Waals surface area contributed by atoms with Crippen molar-refractivity contribution < 1.29 is 4.79 Å². The average molecular weight is 286 g/mol. The van der Waals surface area contributed by atoms with Gasteiger partial charge in [0.2, 0.25) is 5.91 Å². The van der Waals surface area contributed by atoms with Crippen LogP contribution in [-0.4, -0.2) is 10.9 Å². The number of nitrogen functional groups attached to an aromatic ring is 1. The summed E-state index contributed by atoms with van der Waals surface area (Å²) in [7, 11) is 0. The summed E-state index contributed by atoms with van der Waals surface area (Å²) in [5.74, 6) is 0.999. The molecule has 0 spiro atoms. The summed E-state index contributed by atoms with van der Waals surface area (Å²) in [5, 5.41) is 2.85. The third-order valence-corrected chi connectivity index (χ3v) is 3.09. The van der Waals surface area contributed by atoms with E-state index in [1.807, 2.05) is 0 Å². The number of aromatic nitrogens is 1. The van der Waals surface area contributed by atoms with E-state index in [-0.39, 0.29) is 18.3 Å². The highest BCUT2D eigenvalue weighted by Crippen LogP contribution is 2.17. The average Bonchev–Trinajstić information content (AvgIpc) is 2.37. The van der Waals surface area contributed by atoms with E-state index in [0.29, 0.717) is 23.8 Å². The third-order valence-electron chi connectivity index (χ3n) is 3.09. The predicted octanol–water partition coefficient (Wildman–Crippen LogP) is 3.63. The lowest BCUT2D eigenvalue weighted by Crippen LogP contribution is -2.16. The molecule has 1 aromatic rings. The lowest BCUT2D eigenvalue weighted by Gasteiger charge is -2.14. The molecule has 1 rings (SSSR count). The second-order valence-corrected chi connectivity index (χ2v) is 4.64. The SMILES string of the molecule is CCCCC(CC)CC(=O)Nc1ccc(N)nc1.Cl. The highest BCUT2D eigenvalue weighted by molar-refractivity contribution is 5.90. The minimum absolute atomic E-state index is 0. The van der Waals surface area contributed by atoms with E-state index in [4.69, 9.17) is 5.73 Å². The maximum Gasteiger partial charge on any atom is 0.224 e. The second kappa shape index (κ2) is 9.62. The fourth-order valence-electron chi connectivity index (χ4n) is 1.90. The van der Waals surface area contributed by atoms with E-state index in [2.05, 4.69) is 24.1 Å². The molecule has 0 bridgehead atoms.